The van der Waals surface area contributed by atoms with Gasteiger partial charge in [-0.25, -0.2) is 0 Å². The Hall–Kier alpha value is -4.80. The van der Waals surface area contributed by atoms with Crippen molar-refractivity contribution in [2.45, 2.75) is 19.3 Å². The first kappa shape index (κ1) is 23.0. The minimum atomic E-state index is 0.480. The van der Waals surface area contributed by atoms with E-state index in [1.807, 2.05) is 29.5 Å². The molecule has 3 aromatic heterocycles. The number of furan rings is 1. The van der Waals surface area contributed by atoms with Crippen molar-refractivity contribution in [3.05, 3.63) is 120 Å². The number of aromatic nitrogens is 1. The molecule has 41 heavy (non-hydrogen) atoms. The molecule has 2 N–H and O–H groups in total. The third-order valence-corrected chi connectivity index (χ3v) is 10.1. The van der Waals surface area contributed by atoms with E-state index in [2.05, 4.69) is 102 Å². The van der Waals surface area contributed by atoms with E-state index in [0.717, 1.165) is 39.6 Å². The lowest BCUT2D eigenvalue weighted by atomic mass is 9.86. The van der Waals surface area contributed by atoms with Crippen LogP contribution in [0.25, 0.3) is 71.0 Å². The Bertz CT molecular complexity index is 2330. The average Bonchev–Trinajstić information content (AvgIpc) is 3.67. The molecule has 0 fully saturated rings. The summed E-state index contributed by atoms with van der Waals surface area (Å²) < 4.78 is 10.0. The highest BCUT2D eigenvalue weighted by Gasteiger charge is 2.32. The van der Waals surface area contributed by atoms with Crippen LogP contribution in [0.2, 0.25) is 0 Å². The number of fused-ring (bicyclic) bond motifs is 10. The second-order valence-corrected chi connectivity index (χ2v) is 12.3. The Morgan fingerprint density at radius 2 is 1.49 bits per heavy atom. The van der Waals surface area contributed by atoms with Crippen molar-refractivity contribution in [2.75, 3.05) is 5.73 Å². The summed E-state index contributed by atoms with van der Waals surface area (Å²) in [6.45, 7) is 2.38. The monoisotopic (exact) mass is 546 g/mol. The summed E-state index contributed by atoms with van der Waals surface area (Å²) in [6.07, 6.45) is 1.04. The highest BCUT2D eigenvalue weighted by molar-refractivity contribution is 7.19. The summed E-state index contributed by atoms with van der Waals surface area (Å²) >= 11 is 1.96. The number of nitrogens with two attached hydrogens (primary N) is 1. The van der Waals surface area contributed by atoms with Gasteiger partial charge in [0.2, 0.25) is 0 Å². The summed E-state index contributed by atoms with van der Waals surface area (Å²) in [7, 11) is 0. The molecule has 0 radical (unpaired) electrons. The van der Waals surface area contributed by atoms with Crippen LogP contribution in [0, 0.1) is 0 Å². The number of anilines is 1. The van der Waals surface area contributed by atoms with Gasteiger partial charge in [-0.2, -0.15) is 0 Å². The van der Waals surface area contributed by atoms with Gasteiger partial charge in [0.1, 0.15) is 11.2 Å². The summed E-state index contributed by atoms with van der Waals surface area (Å²) in [5, 5.41) is 4.83. The maximum atomic E-state index is 6.16. The van der Waals surface area contributed by atoms with Crippen molar-refractivity contribution in [3.8, 4) is 28.1 Å². The van der Waals surface area contributed by atoms with Gasteiger partial charge < -0.3 is 14.7 Å². The number of hydrogen-bond donors (Lipinski definition) is 1. The molecule has 1 atom stereocenters. The van der Waals surface area contributed by atoms with Crippen LogP contribution in [-0.2, 0) is 6.42 Å². The third kappa shape index (κ3) is 3.19. The summed E-state index contributed by atoms with van der Waals surface area (Å²) in [5.41, 5.74) is 17.6. The SMILES string of the molecule is CC1Cc2c(n(-c3ccccc3-c3ccc4oc5ccc(N)cc5c4c3)c3ccccc23)-c2c1sc1ccccc21. The van der Waals surface area contributed by atoms with Crippen molar-refractivity contribution in [3.63, 3.8) is 0 Å². The van der Waals surface area contributed by atoms with E-state index in [4.69, 9.17) is 10.2 Å². The lowest BCUT2D eigenvalue weighted by Crippen LogP contribution is -2.08. The first-order valence-corrected chi connectivity index (χ1v) is 14.9. The van der Waals surface area contributed by atoms with Crippen molar-refractivity contribution < 1.29 is 4.42 Å². The minimum Gasteiger partial charge on any atom is -0.456 e. The Labute approximate surface area is 241 Å². The molecule has 8 aromatic rings. The number of hydrogen-bond acceptors (Lipinski definition) is 3. The lowest BCUT2D eigenvalue weighted by Gasteiger charge is -2.23. The van der Waals surface area contributed by atoms with Gasteiger partial charge in [-0.1, -0.05) is 67.6 Å². The Balaban J connectivity index is 1.36. The van der Waals surface area contributed by atoms with Gasteiger partial charge in [-0.3, -0.25) is 0 Å². The molecule has 0 spiro atoms. The summed E-state index contributed by atoms with van der Waals surface area (Å²) in [6, 6.07) is 39.0. The molecule has 3 nitrogen and oxygen atoms in total. The van der Waals surface area contributed by atoms with Crippen LogP contribution in [0.15, 0.2) is 114 Å². The first-order valence-electron chi connectivity index (χ1n) is 14.1. The van der Waals surface area contributed by atoms with E-state index in [1.54, 1.807) is 0 Å². The quantitative estimate of drug-likeness (QED) is 0.219. The zero-order valence-electron chi connectivity index (χ0n) is 22.5. The zero-order valence-corrected chi connectivity index (χ0v) is 23.3. The smallest absolute Gasteiger partial charge is 0.135 e. The molecule has 1 aliphatic carbocycles. The van der Waals surface area contributed by atoms with Gasteiger partial charge in [-0.05, 0) is 72.0 Å². The zero-order chi connectivity index (χ0) is 27.2. The first-order chi connectivity index (χ1) is 20.2. The molecule has 4 heteroatoms. The standard InChI is InChI=1S/C37H26N2OS/c1-21-18-29-25-9-3-6-12-31(25)39(36(29)35-26-10-4-7-13-34(26)41-37(21)35)30-11-5-2-8-24(30)22-14-16-32-27(19-22)28-20-23(38)15-17-33(28)40-32/h2-17,19-21H,18,38H2,1H3. The number of para-hydroxylation sites is 2. The summed E-state index contributed by atoms with van der Waals surface area (Å²) in [5.74, 6) is 0.480. The fourth-order valence-corrected chi connectivity index (χ4v) is 8.21. The van der Waals surface area contributed by atoms with Crippen LogP contribution < -0.4 is 5.73 Å². The van der Waals surface area contributed by atoms with Gasteiger partial charge in [-0.15, -0.1) is 11.3 Å². The Morgan fingerprint density at radius 3 is 2.39 bits per heavy atom. The normalized spacial score (nSPS) is 14.7. The molecule has 9 rings (SSSR count). The van der Waals surface area contributed by atoms with Gasteiger partial charge in [0.25, 0.3) is 0 Å². The number of nitrogens with zero attached hydrogens (tertiary/aromatic N) is 1. The average molecular weight is 547 g/mol. The molecule has 0 saturated carbocycles. The van der Waals surface area contributed by atoms with E-state index in [1.165, 1.54) is 53.9 Å². The molecule has 0 aliphatic heterocycles. The van der Waals surface area contributed by atoms with Crippen molar-refractivity contribution in [1.29, 1.82) is 0 Å². The second-order valence-electron chi connectivity index (χ2n) is 11.2. The molecule has 0 amide bonds. The lowest BCUT2D eigenvalue weighted by molar-refractivity contribution is 0.669. The molecule has 5 aromatic carbocycles. The van der Waals surface area contributed by atoms with Crippen LogP contribution in [0.3, 0.4) is 0 Å². The fourth-order valence-electron chi connectivity index (χ4n) is 6.96. The van der Waals surface area contributed by atoms with Crippen molar-refractivity contribution >= 4 is 60.0 Å². The maximum Gasteiger partial charge on any atom is 0.135 e. The predicted molar refractivity (Wildman–Crippen MR) is 173 cm³/mol. The van der Waals surface area contributed by atoms with Gasteiger partial charge in [0.15, 0.2) is 0 Å². The molecule has 3 heterocycles. The third-order valence-electron chi connectivity index (χ3n) is 8.75. The van der Waals surface area contributed by atoms with Crippen LogP contribution in [0.1, 0.15) is 23.3 Å². The highest BCUT2D eigenvalue weighted by atomic mass is 32.1. The van der Waals surface area contributed by atoms with Crippen molar-refractivity contribution in [1.82, 2.24) is 4.57 Å². The van der Waals surface area contributed by atoms with E-state index in [0.29, 0.717) is 5.92 Å². The molecule has 1 aliphatic rings. The van der Waals surface area contributed by atoms with Crippen LogP contribution in [-0.4, -0.2) is 4.57 Å². The molecule has 196 valence electrons. The second kappa shape index (κ2) is 8.35. The van der Waals surface area contributed by atoms with E-state index in [-0.39, 0.29) is 0 Å². The van der Waals surface area contributed by atoms with Gasteiger partial charge in [0.05, 0.1) is 16.9 Å². The number of nitrogen functional groups attached to an aromatic ring is 1. The van der Waals surface area contributed by atoms with Crippen LogP contribution >= 0.6 is 11.3 Å². The molecule has 0 bridgehead atoms. The number of rotatable bonds is 2. The topological polar surface area (TPSA) is 44.1 Å². The molecular weight excluding hydrogens is 520 g/mol. The van der Waals surface area contributed by atoms with E-state index < -0.39 is 0 Å². The molecular formula is C37H26N2OS. The van der Waals surface area contributed by atoms with Crippen LogP contribution in [0.5, 0.6) is 0 Å². The Morgan fingerprint density at radius 1 is 0.756 bits per heavy atom. The van der Waals surface area contributed by atoms with Gasteiger partial charge in [0, 0.05) is 47.9 Å². The highest BCUT2D eigenvalue weighted by Crippen LogP contribution is 2.52. The Kier molecular flexibility index (Phi) is 4.68. The van der Waals surface area contributed by atoms with Crippen molar-refractivity contribution in [2.24, 2.45) is 0 Å². The van der Waals surface area contributed by atoms with E-state index >= 15 is 0 Å². The molecule has 0 saturated heterocycles. The minimum absolute atomic E-state index is 0.480. The number of benzene rings is 5. The largest absolute Gasteiger partial charge is 0.456 e. The summed E-state index contributed by atoms with van der Waals surface area (Å²) in [4.78, 5) is 1.49. The maximum absolute atomic E-state index is 6.16. The van der Waals surface area contributed by atoms with Crippen LogP contribution in [0.4, 0.5) is 5.69 Å². The molecule has 1 unspecified atom stereocenters. The number of thiophene rings is 1. The van der Waals surface area contributed by atoms with Gasteiger partial charge >= 0.3 is 0 Å². The van der Waals surface area contributed by atoms with E-state index in [9.17, 15) is 0 Å². The predicted octanol–water partition coefficient (Wildman–Crippen LogP) is 10.3. The fraction of sp³-hybridized carbons (Fsp3) is 0.0811.